The van der Waals surface area contributed by atoms with Crippen LogP contribution in [0.5, 0.6) is 0 Å². The number of nitrogens with zero attached hydrogens (tertiary/aromatic N) is 4. The average Bonchev–Trinajstić information content (AvgIpc) is 3.90. The van der Waals surface area contributed by atoms with Gasteiger partial charge in [-0.15, -0.1) is 0 Å². The largest absolute Gasteiger partial charge is 0.386 e. The number of carbonyl (C=O) groups is 4. The Morgan fingerprint density at radius 3 is 1.43 bits per heavy atom. The molecule has 1 aromatic heterocycles. The summed E-state index contributed by atoms with van der Waals surface area (Å²) in [5.74, 6) is -0.463. The van der Waals surface area contributed by atoms with Gasteiger partial charge in [-0.25, -0.2) is 9.97 Å². The van der Waals surface area contributed by atoms with Crippen molar-refractivity contribution in [2.45, 2.75) is 62.7 Å². The van der Waals surface area contributed by atoms with Crippen molar-refractivity contribution in [3.8, 4) is 0 Å². The van der Waals surface area contributed by atoms with E-state index in [1.165, 1.54) is 12.4 Å². The van der Waals surface area contributed by atoms with Crippen LogP contribution in [-0.2, 0) is 9.59 Å². The maximum absolute atomic E-state index is 13.0. The number of amides is 4. The Morgan fingerprint density at radius 2 is 1.11 bits per heavy atom. The minimum atomic E-state index is -0.448. The number of nitrogens with one attached hydrogen (secondary N) is 6. The van der Waals surface area contributed by atoms with Crippen LogP contribution in [0.2, 0.25) is 0 Å². The van der Waals surface area contributed by atoms with Gasteiger partial charge in [0.15, 0.2) is 0 Å². The SMILES string of the molecule is N=C(N)CNC(=O)C1CC(NC(=O)c2cnc(C(=O)NC3CC(C(=O)NCC(=N)N)N(CC4CC4)C3)cn2)CN1CC1CC1. The summed E-state index contributed by atoms with van der Waals surface area (Å²) in [6.07, 6.45) is 7.85. The summed E-state index contributed by atoms with van der Waals surface area (Å²) < 4.78 is 0. The third kappa shape index (κ3) is 8.47. The van der Waals surface area contributed by atoms with Crippen LogP contribution in [0.3, 0.4) is 0 Å². The fourth-order valence-corrected chi connectivity index (χ4v) is 5.91. The van der Waals surface area contributed by atoms with Crippen LogP contribution in [0.4, 0.5) is 0 Å². The lowest BCUT2D eigenvalue weighted by molar-refractivity contribution is -0.126. The van der Waals surface area contributed by atoms with Crippen LogP contribution in [0.1, 0.15) is 59.5 Å². The van der Waals surface area contributed by atoms with Crippen LogP contribution in [-0.4, -0.2) is 119 Å². The minimum Gasteiger partial charge on any atom is -0.386 e. The van der Waals surface area contributed by atoms with E-state index >= 15 is 0 Å². The number of amidine groups is 2. The van der Waals surface area contributed by atoms with E-state index in [2.05, 4.69) is 41.0 Å². The number of likely N-dealkylation sites (tertiary alicyclic amines) is 2. The van der Waals surface area contributed by atoms with Crippen molar-refractivity contribution in [3.05, 3.63) is 23.8 Å². The fourth-order valence-electron chi connectivity index (χ4n) is 5.91. The van der Waals surface area contributed by atoms with Crippen LogP contribution >= 0.6 is 0 Å². The summed E-state index contributed by atoms with van der Waals surface area (Å²) in [6, 6.07) is -1.40. The van der Waals surface area contributed by atoms with Crippen LogP contribution < -0.4 is 32.7 Å². The average molecular weight is 611 g/mol. The number of aromatic nitrogens is 2. The maximum Gasteiger partial charge on any atom is 0.271 e. The first-order valence-electron chi connectivity index (χ1n) is 15.2. The first-order chi connectivity index (χ1) is 21.0. The molecule has 2 saturated heterocycles. The molecule has 0 aromatic carbocycles. The van der Waals surface area contributed by atoms with Crippen LogP contribution in [0, 0.1) is 22.7 Å². The summed E-state index contributed by atoms with van der Waals surface area (Å²) in [6.45, 7) is 2.54. The predicted octanol–water partition coefficient (Wildman–Crippen LogP) is -2.25. The monoisotopic (exact) mass is 610 g/mol. The van der Waals surface area contributed by atoms with Crippen LogP contribution in [0.15, 0.2) is 12.4 Å². The lowest BCUT2D eigenvalue weighted by atomic mass is 10.1. The van der Waals surface area contributed by atoms with Gasteiger partial charge in [0.1, 0.15) is 23.1 Å². The Balaban J connectivity index is 1.13. The predicted molar refractivity (Wildman–Crippen MR) is 160 cm³/mol. The molecule has 0 radical (unpaired) electrons. The highest BCUT2D eigenvalue weighted by atomic mass is 16.2. The molecule has 0 bridgehead atoms. The Labute approximate surface area is 255 Å². The molecule has 16 nitrogen and oxygen atoms in total. The summed E-state index contributed by atoms with van der Waals surface area (Å²) in [7, 11) is 0. The van der Waals surface area contributed by atoms with E-state index in [1.54, 1.807) is 0 Å². The van der Waals surface area contributed by atoms with Gasteiger partial charge in [-0.3, -0.25) is 39.8 Å². The Morgan fingerprint density at radius 1 is 0.727 bits per heavy atom. The van der Waals surface area contributed by atoms with Crippen molar-refractivity contribution in [1.82, 2.24) is 41.0 Å². The van der Waals surface area contributed by atoms with E-state index in [0.29, 0.717) is 37.8 Å². The standard InChI is InChI=1S/C28H42N12O4/c29-23(30)9-35-27(43)21-5-17(13-39(21)11-15-1-2-15)37-25(41)19-7-34-20(8-33-19)26(42)38-18-6-22(28(44)36-10-24(31)32)40(14-18)12-16-3-4-16/h7-8,15-18,21-22H,1-6,9-14H2,(H3,29,30)(H3,31,32)(H,35,43)(H,36,44)(H,37,41)(H,38,42). The Bertz CT molecular complexity index is 1180. The van der Waals surface area contributed by atoms with Gasteiger partial charge >= 0.3 is 0 Å². The highest BCUT2D eigenvalue weighted by molar-refractivity contribution is 5.95. The van der Waals surface area contributed by atoms with Crippen molar-refractivity contribution < 1.29 is 19.2 Å². The Hall–Kier alpha value is -4.18. The molecule has 3 heterocycles. The van der Waals surface area contributed by atoms with Gasteiger partial charge in [-0.2, -0.15) is 0 Å². The van der Waals surface area contributed by atoms with Crippen LogP contribution in [0.25, 0.3) is 0 Å². The summed E-state index contributed by atoms with van der Waals surface area (Å²) in [4.78, 5) is 63.9. The molecule has 4 fully saturated rings. The Kier molecular flexibility index (Phi) is 9.68. The van der Waals surface area contributed by atoms with Crippen molar-refractivity contribution in [2.75, 3.05) is 39.3 Å². The quantitative estimate of drug-likeness (QED) is 0.0830. The molecule has 4 amide bonds. The second-order valence-corrected chi connectivity index (χ2v) is 12.4. The minimum absolute atomic E-state index is 0.0182. The number of carbonyl (C=O) groups excluding carboxylic acids is 4. The third-order valence-corrected chi connectivity index (χ3v) is 8.49. The second-order valence-electron chi connectivity index (χ2n) is 12.4. The maximum atomic E-state index is 13.0. The van der Waals surface area contributed by atoms with Gasteiger partial charge in [0.2, 0.25) is 11.8 Å². The first-order valence-corrected chi connectivity index (χ1v) is 15.2. The van der Waals surface area contributed by atoms with Crippen molar-refractivity contribution >= 4 is 35.3 Å². The molecular weight excluding hydrogens is 568 g/mol. The smallest absolute Gasteiger partial charge is 0.271 e. The molecule has 16 heteroatoms. The molecule has 4 atom stereocenters. The van der Waals surface area contributed by atoms with Gasteiger partial charge in [0.25, 0.3) is 11.8 Å². The highest BCUT2D eigenvalue weighted by Gasteiger charge is 2.41. The number of hydrogen-bond donors (Lipinski definition) is 8. The molecule has 238 valence electrons. The highest BCUT2D eigenvalue weighted by Crippen LogP contribution is 2.33. The number of nitrogens with two attached hydrogens (primary N) is 2. The molecule has 5 rings (SSSR count). The molecule has 10 N–H and O–H groups in total. The zero-order valence-corrected chi connectivity index (χ0v) is 24.7. The third-order valence-electron chi connectivity index (χ3n) is 8.49. The molecule has 4 unspecified atom stereocenters. The molecule has 44 heavy (non-hydrogen) atoms. The molecular formula is C28H42N12O4. The molecule has 0 spiro atoms. The van der Waals surface area contributed by atoms with E-state index in [9.17, 15) is 19.2 Å². The summed E-state index contributed by atoms with van der Waals surface area (Å²) in [5.41, 5.74) is 10.9. The second kappa shape index (κ2) is 13.6. The van der Waals surface area contributed by atoms with Gasteiger partial charge in [0, 0.05) is 38.3 Å². The van der Waals surface area contributed by atoms with E-state index in [4.69, 9.17) is 22.3 Å². The molecule has 2 saturated carbocycles. The molecule has 2 aliphatic heterocycles. The summed E-state index contributed by atoms with van der Waals surface area (Å²) >= 11 is 0. The topological polar surface area (TPSA) is 248 Å². The number of rotatable bonds is 14. The zero-order chi connectivity index (χ0) is 31.4. The normalized spacial score (nSPS) is 25.3. The van der Waals surface area contributed by atoms with Crippen molar-refractivity contribution in [2.24, 2.45) is 23.3 Å². The van der Waals surface area contributed by atoms with E-state index < -0.39 is 23.9 Å². The molecule has 2 aliphatic carbocycles. The lowest BCUT2D eigenvalue weighted by Gasteiger charge is -2.23. The number of hydrogen-bond acceptors (Lipinski definition) is 10. The lowest BCUT2D eigenvalue weighted by Crippen LogP contribution is -2.46. The molecule has 1 aromatic rings. The zero-order valence-electron chi connectivity index (χ0n) is 24.7. The van der Waals surface area contributed by atoms with E-state index in [-0.39, 0.29) is 60.0 Å². The van der Waals surface area contributed by atoms with Crippen molar-refractivity contribution in [1.29, 1.82) is 10.8 Å². The van der Waals surface area contributed by atoms with Gasteiger partial charge in [0.05, 0.1) is 37.6 Å². The van der Waals surface area contributed by atoms with Gasteiger partial charge < -0.3 is 32.7 Å². The van der Waals surface area contributed by atoms with E-state index in [0.717, 1.165) is 38.8 Å². The van der Waals surface area contributed by atoms with Gasteiger partial charge in [-0.1, -0.05) is 0 Å². The van der Waals surface area contributed by atoms with Crippen molar-refractivity contribution in [3.63, 3.8) is 0 Å². The molecule has 4 aliphatic rings. The first kappa shape index (κ1) is 31.3. The summed E-state index contributed by atoms with van der Waals surface area (Å²) in [5, 5.41) is 26.0. The fraction of sp³-hybridized carbons (Fsp3) is 0.643. The van der Waals surface area contributed by atoms with Gasteiger partial charge in [-0.05, 0) is 50.4 Å². The van der Waals surface area contributed by atoms with E-state index in [1.807, 2.05) is 0 Å².